The minimum absolute atomic E-state index is 0.0538. The van der Waals surface area contributed by atoms with Crippen LogP contribution in [0.4, 0.5) is 0 Å². The molecule has 2 amide bonds. The van der Waals surface area contributed by atoms with E-state index < -0.39 is 0 Å². The summed E-state index contributed by atoms with van der Waals surface area (Å²) in [6.45, 7) is 3.88. The molecule has 44 heavy (non-hydrogen) atoms. The second-order valence-electron chi connectivity index (χ2n) is 14.0. The molecule has 0 aromatic rings. The van der Waals surface area contributed by atoms with Crippen molar-refractivity contribution in [2.45, 2.75) is 218 Å². The molecule has 2 saturated heterocycles. The van der Waals surface area contributed by atoms with Crippen LogP contribution in [0.5, 0.6) is 0 Å². The molecule has 0 aromatic heterocycles. The number of amides is 2. The first-order chi connectivity index (χ1) is 21.6. The number of carbonyl (C=O) groups is 2. The van der Waals surface area contributed by atoms with E-state index in [0.29, 0.717) is 25.0 Å². The lowest BCUT2D eigenvalue weighted by molar-refractivity contribution is -0.124. The van der Waals surface area contributed by atoms with Crippen molar-refractivity contribution in [1.82, 2.24) is 10.6 Å². The number of epoxide rings is 2. The topological polar surface area (TPSA) is 83.3 Å². The van der Waals surface area contributed by atoms with Crippen LogP contribution in [0.2, 0.25) is 0 Å². The molecule has 2 fully saturated rings. The van der Waals surface area contributed by atoms with Crippen LogP contribution in [0.25, 0.3) is 0 Å². The number of ether oxygens (including phenoxy) is 2. The Bertz CT molecular complexity index is 624. The molecule has 2 heterocycles. The maximum Gasteiger partial charge on any atom is 0.221 e. The zero-order valence-corrected chi connectivity index (χ0v) is 29.0. The van der Waals surface area contributed by atoms with Gasteiger partial charge in [0.25, 0.3) is 0 Å². The number of hydrogen-bond donors (Lipinski definition) is 2. The maximum absolute atomic E-state index is 12.2. The second kappa shape index (κ2) is 28.1. The molecular formula is C38H72N2O4. The molecule has 2 atom stereocenters. The fourth-order valence-electron chi connectivity index (χ4n) is 6.34. The van der Waals surface area contributed by atoms with Crippen molar-refractivity contribution in [3.8, 4) is 0 Å². The Labute approximate surface area is 272 Å². The number of unbranched alkanes of at least 4 members (excludes halogenated alkanes) is 24. The SMILES string of the molecule is CC(NC(=O)CCCCCCCCCCCCCCCC1CO1)NC(=O)CCCCCCCCCCCCCCCC1CO1. The van der Waals surface area contributed by atoms with Crippen LogP contribution in [-0.4, -0.2) is 43.4 Å². The number of hydrogen-bond acceptors (Lipinski definition) is 4. The zero-order chi connectivity index (χ0) is 31.3. The summed E-state index contributed by atoms with van der Waals surface area (Å²) in [6.07, 6.45) is 38.5. The number of carbonyl (C=O) groups excluding carboxylic acids is 2. The first-order valence-electron chi connectivity index (χ1n) is 19.5. The molecule has 2 unspecified atom stereocenters. The molecule has 0 aliphatic carbocycles. The minimum atomic E-state index is -0.287. The van der Waals surface area contributed by atoms with Crippen LogP contribution in [0.15, 0.2) is 0 Å². The molecule has 0 spiro atoms. The Kier molecular flexibility index (Phi) is 24.9. The molecule has 2 rings (SSSR count). The first kappa shape index (κ1) is 39.0. The summed E-state index contributed by atoms with van der Waals surface area (Å²) in [5.41, 5.74) is 0. The van der Waals surface area contributed by atoms with Gasteiger partial charge in [-0.25, -0.2) is 0 Å². The lowest BCUT2D eigenvalue weighted by atomic mass is 10.0. The van der Waals surface area contributed by atoms with Gasteiger partial charge in [-0.1, -0.05) is 154 Å². The quantitative estimate of drug-likeness (QED) is 0.0426. The van der Waals surface area contributed by atoms with Gasteiger partial charge in [-0.2, -0.15) is 0 Å². The third-order valence-corrected chi connectivity index (χ3v) is 9.42. The van der Waals surface area contributed by atoms with Crippen LogP contribution in [0, 0.1) is 0 Å². The summed E-state index contributed by atoms with van der Waals surface area (Å²) in [5, 5.41) is 5.88. The molecule has 6 nitrogen and oxygen atoms in total. The van der Waals surface area contributed by atoms with E-state index in [9.17, 15) is 9.59 Å². The van der Waals surface area contributed by atoms with Crippen molar-refractivity contribution >= 4 is 11.8 Å². The normalized spacial score (nSPS) is 17.8. The largest absolute Gasteiger partial charge is 0.373 e. The van der Waals surface area contributed by atoms with Crippen molar-refractivity contribution in [3.63, 3.8) is 0 Å². The predicted octanol–water partition coefficient (Wildman–Crippen LogP) is 10.1. The minimum Gasteiger partial charge on any atom is -0.373 e. The van der Waals surface area contributed by atoms with Gasteiger partial charge in [-0.3, -0.25) is 9.59 Å². The van der Waals surface area contributed by atoms with Gasteiger partial charge in [-0.05, 0) is 32.6 Å². The van der Waals surface area contributed by atoms with Gasteiger partial charge < -0.3 is 20.1 Å². The second-order valence-corrected chi connectivity index (χ2v) is 14.0. The molecular weight excluding hydrogens is 548 g/mol. The Hall–Kier alpha value is -1.14. The predicted molar refractivity (Wildman–Crippen MR) is 184 cm³/mol. The van der Waals surface area contributed by atoms with E-state index in [-0.39, 0.29) is 18.0 Å². The van der Waals surface area contributed by atoms with Crippen molar-refractivity contribution < 1.29 is 19.1 Å². The molecule has 0 radical (unpaired) electrons. The van der Waals surface area contributed by atoms with Gasteiger partial charge in [0.2, 0.25) is 11.8 Å². The van der Waals surface area contributed by atoms with Gasteiger partial charge in [-0.15, -0.1) is 0 Å². The van der Waals surface area contributed by atoms with Crippen LogP contribution in [-0.2, 0) is 19.1 Å². The van der Waals surface area contributed by atoms with Gasteiger partial charge in [0.1, 0.15) is 0 Å². The molecule has 0 aromatic carbocycles. The molecule has 0 bridgehead atoms. The summed E-state index contributed by atoms with van der Waals surface area (Å²) in [4.78, 5) is 24.5. The Morgan fingerprint density at radius 3 is 0.932 bits per heavy atom. The van der Waals surface area contributed by atoms with Gasteiger partial charge in [0.05, 0.1) is 31.6 Å². The first-order valence-corrected chi connectivity index (χ1v) is 19.5. The Morgan fingerprint density at radius 1 is 0.455 bits per heavy atom. The Morgan fingerprint density at radius 2 is 0.682 bits per heavy atom. The molecule has 6 heteroatoms. The molecule has 2 N–H and O–H groups in total. The molecule has 0 saturated carbocycles. The van der Waals surface area contributed by atoms with E-state index in [0.717, 1.165) is 38.9 Å². The maximum atomic E-state index is 12.2. The third kappa shape index (κ3) is 27.2. The van der Waals surface area contributed by atoms with Crippen molar-refractivity contribution in [1.29, 1.82) is 0 Å². The molecule has 2 aliphatic rings. The fraction of sp³-hybridized carbons (Fsp3) is 0.947. The standard InChI is InChI=1S/C38H72N2O4/c1-34(39-37(41)30-26-22-18-14-10-6-2-4-8-12-16-20-24-28-35-32-43-35)40-38(42)31-27-23-19-15-11-7-3-5-9-13-17-21-25-29-36-33-44-36/h34-36H,2-33H2,1H3,(H,39,41)(H,40,42). The van der Waals surface area contributed by atoms with E-state index in [4.69, 9.17) is 9.47 Å². The monoisotopic (exact) mass is 621 g/mol. The van der Waals surface area contributed by atoms with Gasteiger partial charge >= 0.3 is 0 Å². The summed E-state index contributed by atoms with van der Waals surface area (Å²) in [6, 6.07) is 0. The molecule has 258 valence electrons. The van der Waals surface area contributed by atoms with Crippen LogP contribution in [0.3, 0.4) is 0 Å². The summed E-state index contributed by atoms with van der Waals surface area (Å²) < 4.78 is 10.5. The summed E-state index contributed by atoms with van der Waals surface area (Å²) in [7, 11) is 0. The Balaban J connectivity index is 1.22. The van der Waals surface area contributed by atoms with Crippen LogP contribution in [0.1, 0.15) is 200 Å². The van der Waals surface area contributed by atoms with Crippen LogP contribution < -0.4 is 10.6 Å². The van der Waals surface area contributed by atoms with Gasteiger partial charge in [0, 0.05) is 12.8 Å². The van der Waals surface area contributed by atoms with E-state index in [1.54, 1.807) is 0 Å². The van der Waals surface area contributed by atoms with E-state index in [1.165, 1.54) is 154 Å². The number of nitrogens with one attached hydrogen (secondary N) is 2. The van der Waals surface area contributed by atoms with Crippen molar-refractivity contribution in [2.75, 3.05) is 13.2 Å². The van der Waals surface area contributed by atoms with E-state index in [2.05, 4.69) is 10.6 Å². The van der Waals surface area contributed by atoms with E-state index >= 15 is 0 Å². The van der Waals surface area contributed by atoms with Crippen LogP contribution >= 0.6 is 0 Å². The summed E-state index contributed by atoms with van der Waals surface area (Å²) in [5.74, 6) is 0.108. The highest BCUT2D eigenvalue weighted by atomic mass is 16.6. The van der Waals surface area contributed by atoms with Crippen molar-refractivity contribution in [2.24, 2.45) is 0 Å². The lowest BCUT2D eigenvalue weighted by Gasteiger charge is -2.16. The highest BCUT2D eigenvalue weighted by Crippen LogP contribution is 2.20. The van der Waals surface area contributed by atoms with E-state index in [1.807, 2.05) is 6.92 Å². The fourth-order valence-corrected chi connectivity index (χ4v) is 6.34. The average Bonchev–Trinajstić information content (AvgIpc) is 3.93. The lowest BCUT2D eigenvalue weighted by Crippen LogP contribution is -2.45. The molecule has 2 aliphatic heterocycles. The highest BCUT2D eigenvalue weighted by molar-refractivity contribution is 5.79. The highest BCUT2D eigenvalue weighted by Gasteiger charge is 2.21. The third-order valence-electron chi connectivity index (χ3n) is 9.42. The summed E-state index contributed by atoms with van der Waals surface area (Å²) >= 11 is 0. The van der Waals surface area contributed by atoms with Gasteiger partial charge in [0.15, 0.2) is 0 Å². The smallest absolute Gasteiger partial charge is 0.221 e. The average molecular weight is 621 g/mol. The van der Waals surface area contributed by atoms with Crippen molar-refractivity contribution in [3.05, 3.63) is 0 Å². The zero-order valence-electron chi connectivity index (χ0n) is 29.0. The number of rotatable bonds is 34.